The van der Waals surface area contributed by atoms with Gasteiger partial charge in [-0.2, -0.15) is 0 Å². The van der Waals surface area contributed by atoms with E-state index in [1.54, 1.807) is 22.3 Å². The minimum atomic E-state index is 0.641. The lowest BCUT2D eigenvalue weighted by atomic mass is 9.34. The zero-order valence-corrected chi connectivity index (χ0v) is 15.3. The highest BCUT2D eigenvalue weighted by molar-refractivity contribution is 6.63. The molecule has 2 atom stereocenters. The molecule has 22 heavy (non-hydrogen) atoms. The standard InChI is InChI=1S/C21H33B/c1-6-8-10-18-12-16(3)20(14-18)22(5)21-15-19(11-9-7-2)13-17(21)4/h12-15,20-21H,6-11H2,1-5H3. The number of allylic oxidation sites excluding steroid dienone is 8. The molecule has 0 nitrogen and oxygen atoms in total. The molecule has 0 amide bonds. The molecule has 0 aliphatic heterocycles. The Morgan fingerprint density at radius 3 is 1.59 bits per heavy atom. The van der Waals surface area contributed by atoms with Crippen LogP contribution in [0, 0.1) is 0 Å². The van der Waals surface area contributed by atoms with E-state index in [9.17, 15) is 0 Å². The molecule has 0 heterocycles. The highest BCUT2D eigenvalue weighted by Crippen LogP contribution is 2.43. The molecule has 0 bridgehead atoms. The summed E-state index contributed by atoms with van der Waals surface area (Å²) in [5.74, 6) is 1.28. The van der Waals surface area contributed by atoms with Crippen LogP contribution in [0.25, 0.3) is 0 Å². The van der Waals surface area contributed by atoms with Gasteiger partial charge in [-0.3, -0.25) is 0 Å². The first-order valence-corrected chi connectivity index (χ1v) is 9.34. The Labute approximate surface area is 138 Å². The van der Waals surface area contributed by atoms with Crippen molar-refractivity contribution < 1.29 is 0 Å². The first kappa shape index (κ1) is 17.4. The SMILES string of the molecule is CCCCC1=CC(B(C)C2C=C(CCCC)C=C2C)C(C)=C1. The molecule has 2 unspecified atom stereocenters. The molecular formula is C21H33B. The molecule has 0 spiro atoms. The number of hydrogen-bond acceptors (Lipinski definition) is 0. The van der Waals surface area contributed by atoms with E-state index in [4.69, 9.17) is 0 Å². The van der Waals surface area contributed by atoms with Gasteiger partial charge >= 0.3 is 0 Å². The Balaban J connectivity index is 2.04. The van der Waals surface area contributed by atoms with Gasteiger partial charge < -0.3 is 0 Å². The summed E-state index contributed by atoms with van der Waals surface area (Å²) in [5.41, 5.74) is 6.29. The fourth-order valence-electron chi connectivity index (χ4n) is 4.03. The number of hydrogen-bond donors (Lipinski definition) is 0. The molecule has 2 aliphatic carbocycles. The maximum Gasteiger partial charge on any atom is 0.161 e. The number of unbranched alkanes of at least 4 members (excludes halogenated alkanes) is 2. The molecule has 0 radical (unpaired) electrons. The van der Waals surface area contributed by atoms with Crippen LogP contribution in [0.5, 0.6) is 0 Å². The molecule has 2 aliphatic rings. The van der Waals surface area contributed by atoms with Gasteiger partial charge in [0.05, 0.1) is 0 Å². The van der Waals surface area contributed by atoms with Crippen LogP contribution in [-0.4, -0.2) is 6.71 Å². The van der Waals surface area contributed by atoms with Crippen molar-refractivity contribution in [1.29, 1.82) is 0 Å². The van der Waals surface area contributed by atoms with Gasteiger partial charge in [-0.15, -0.1) is 0 Å². The van der Waals surface area contributed by atoms with Gasteiger partial charge in [0, 0.05) is 0 Å². The summed E-state index contributed by atoms with van der Waals surface area (Å²) < 4.78 is 0. The molecule has 0 aromatic carbocycles. The van der Waals surface area contributed by atoms with E-state index in [1.165, 1.54) is 38.5 Å². The van der Waals surface area contributed by atoms with Crippen LogP contribution in [0.4, 0.5) is 0 Å². The van der Waals surface area contributed by atoms with E-state index >= 15 is 0 Å². The van der Waals surface area contributed by atoms with Gasteiger partial charge in [0.2, 0.25) is 0 Å². The average molecular weight is 296 g/mol. The fourth-order valence-corrected chi connectivity index (χ4v) is 4.03. The lowest BCUT2D eigenvalue weighted by Crippen LogP contribution is -2.21. The van der Waals surface area contributed by atoms with E-state index in [2.05, 4.69) is 58.8 Å². The van der Waals surface area contributed by atoms with Crippen LogP contribution in [0.1, 0.15) is 66.2 Å². The first-order valence-electron chi connectivity index (χ1n) is 9.34. The van der Waals surface area contributed by atoms with Crippen molar-refractivity contribution >= 4 is 6.71 Å². The Bertz CT molecular complexity index is 458. The van der Waals surface area contributed by atoms with Crippen molar-refractivity contribution in [3.05, 3.63) is 46.6 Å². The topological polar surface area (TPSA) is 0 Å². The second-order valence-corrected chi connectivity index (χ2v) is 7.38. The van der Waals surface area contributed by atoms with Gasteiger partial charge in [0.15, 0.2) is 6.71 Å². The van der Waals surface area contributed by atoms with E-state index in [0.29, 0.717) is 18.3 Å². The average Bonchev–Trinajstić information content (AvgIpc) is 3.05. The van der Waals surface area contributed by atoms with Gasteiger partial charge in [0.1, 0.15) is 0 Å². The Morgan fingerprint density at radius 1 is 0.818 bits per heavy atom. The summed E-state index contributed by atoms with van der Waals surface area (Å²) in [6.07, 6.45) is 17.8. The minimum Gasteiger partial charge on any atom is -0.0845 e. The Morgan fingerprint density at radius 2 is 1.23 bits per heavy atom. The molecule has 0 saturated heterocycles. The van der Waals surface area contributed by atoms with E-state index in [1.807, 2.05) is 0 Å². The lowest BCUT2D eigenvalue weighted by Gasteiger charge is -2.23. The maximum atomic E-state index is 2.56. The van der Waals surface area contributed by atoms with E-state index in [0.717, 1.165) is 0 Å². The highest BCUT2D eigenvalue weighted by Gasteiger charge is 2.32. The molecule has 120 valence electrons. The van der Waals surface area contributed by atoms with Crippen molar-refractivity contribution in [1.82, 2.24) is 0 Å². The normalized spacial score (nSPS) is 24.0. The first-order chi connectivity index (χ1) is 10.6. The Hall–Kier alpha value is -0.975. The number of rotatable bonds is 8. The van der Waals surface area contributed by atoms with Gasteiger partial charge in [-0.25, -0.2) is 0 Å². The van der Waals surface area contributed by atoms with Crippen LogP contribution < -0.4 is 0 Å². The summed E-state index contributed by atoms with van der Waals surface area (Å²) in [6.45, 7) is 12.3. The zero-order valence-electron chi connectivity index (χ0n) is 15.3. The summed E-state index contributed by atoms with van der Waals surface area (Å²) in [4.78, 5) is 0. The smallest absolute Gasteiger partial charge is 0.0845 e. The molecule has 2 rings (SSSR count). The van der Waals surface area contributed by atoms with Crippen LogP contribution >= 0.6 is 0 Å². The predicted molar refractivity (Wildman–Crippen MR) is 102 cm³/mol. The van der Waals surface area contributed by atoms with Gasteiger partial charge in [0.25, 0.3) is 0 Å². The second kappa shape index (κ2) is 8.04. The molecular weight excluding hydrogens is 263 g/mol. The third-order valence-corrected chi connectivity index (χ3v) is 5.44. The van der Waals surface area contributed by atoms with Crippen molar-refractivity contribution in [2.75, 3.05) is 0 Å². The van der Waals surface area contributed by atoms with Crippen LogP contribution in [0.2, 0.25) is 18.5 Å². The third kappa shape index (κ3) is 4.06. The summed E-state index contributed by atoms with van der Waals surface area (Å²) >= 11 is 0. The van der Waals surface area contributed by atoms with Crippen LogP contribution in [0.3, 0.4) is 0 Å². The van der Waals surface area contributed by atoms with Crippen LogP contribution in [-0.2, 0) is 0 Å². The van der Waals surface area contributed by atoms with E-state index in [-0.39, 0.29) is 0 Å². The monoisotopic (exact) mass is 296 g/mol. The van der Waals surface area contributed by atoms with Gasteiger partial charge in [-0.1, -0.05) is 80.1 Å². The molecule has 0 aromatic heterocycles. The minimum absolute atomic E-state index is 0.641. The fraction of sp³-hybridized carbons (Fsp3) is 0.619. The summed E-state index contributed by atoms with van der Waals surface area (Å²) in [5, 5.41) is 0. The van der Waals surface area contributed by atoms with Crippen molar-refractivity contribution in [2.45, 2.75) is 84.7 Å². The van der Waals surface area contributed by atoms with E-state index < -0.39 is 0 Å². The quantitative estimate of drug-likeness (QED) is 0.423. The summed E-state index contributed by atoms with van der Waals surface area (Å²) in [7, 11) is 0. The molecule has 0 N–H and O–H groups in total. The molecule has 0 aromatic rings. The third-order valence-electron chi connectivity index (χ3n) is 5.44. The van der Waals surface area contributed by atoms with Crippen molar-refractivity contribution in [2.24, 2.45) is 0 Å². The largest absolute Gasteiger partial charge is 0.161 e. The van der Waals surface area contributed by atoms with Gasteiger partial charge in [-0.05, 0) is 51.2 Å². The second-order valence-electron chi connectivity index (χ2n) is 7.38. The lowest BCUT2D eigenvalue weighted by molar-refractivity contribution is 0.798. The Kier molecular flexibility index (Phi) is 6.35. The molecule has 1 heteroatoms. The predicted octanol–water partition coefficient (Wildman–Crippen LogP) is 7.00. The zero-order chi connectivity index (χ0) is 16.1. The van der Waals surface area contributed by atoms with Crippen molar-refractivity contribution in [3.63, 3.8) is 0 Å². The molecule has 0 saturated carbocycles. The van der Waals surface area contributed by atoms with Crippen LogP contribution in [0.15, 0.2) is 46.6 Å². The summed E-state index contributed by atoms with van der Waals surface area (Å²) in [6, 6.07) is 0. The maximum absolute atomic E-state index is 2.56. The van der Waals surface area contributed by atoms with Crippen molar-refractivity contribution in [3.8, 4) is 0 Å². The highest BCUT2D eigenvalue weighted by atomic mass is 14.2. The molecule has 0 fully saturated rings.